The minimum absolute atomic E-state index is 0.140. The molecule has 0 aliphatic carbocycles. The molecule has 7 nitrogen and oxygen atoms in total. The van der Waals surface area contributed by atoms with Crippen molar-refractivity contribution in [1.82, 2.24) is 9.21 Å². The third-order valence-electron chi connectivity index (χ3n) is 4.92. The van der Waals surface area contributed by atoms with E-state index >= 15 is 0 Å². The Kier molecular flexibility index (Phi) is 5.55. The zero-order chi connectivity index (χ0) is 20.3. The van der Waals surface area contributed by atoms with Gasteiger partial charge in [0.25, 0.3) is 5.91 Å². The van der Waals surface area contributed by atoms with E-state index in [1.807, 2.05) is 0 Å². The summed E-state index contributed by atoms with van der Waals surface area (Å²) in [6, 6.07) is 13.3. The molecule has 3 heterocycles. The van der Waals surface area contributed by atoms with Crippen molar-refractivity contribution in [2.24, 2.45) is 0 Å². The Balaban J connectivity index is 1.61. The predicted octanol–water partition coefficient (Wildman–Crippen LogP) is 3.50. The smallest absolute Gasteiger partial charge is 0.254 e. The lowest BCUT2D eigenvalue weighted by molar-refractivity contribution is 0.0704. The Morgan fingerprint density at radius 3 is 2.10 bits per heavy atom. The van der Waals surface area contributed by atoms with Gasteiger partial charge in [-0.25, -0.2) is 8.42 Å². The van der Waals surface area contributed by atoms with E-state index in [1.165, 1.54) is 16.4 Å². The molecule has 1 fully saturated rings. The minimum atomic E-state index is -3.59. The zero-order valence-electron chi connectivity index (χ0n) is 15.9. The van der Waals surface area contributed by atoms with E-state index in [0.717, 1.165) is 12.8 Å². The van der Waals surface area contributed by atoms with E-state index in [9.17, 15) is 13.2 Å². The standard InChI is InChI=1S/C21H22N2O5S/c24-21(22(15-18-7-4-12-27-18)16-19-8-5-13-28-19)17-6-3-9-20(14-17)29(25,26)23-10-1-2-11-23/h3-9,12-14H,1-2,10-11,15-16H2. The average molecular weight is 414 g/mol. The normalized spacial score (nSPS) is 14.9. The molecule has 0 atom stereocenters. The van der Waals surface area contributed by atoms with Crippen molar-refractivity contribution in [3.8, 4) is 0 Å². The maximum Gasteiger partial charge on any atom is 0.254 e. The van der Waals surface area contributed by atoms with E-state index in [1.54, 1.807) is 53.8 Å². The summed E-state index contributed by atoms with van der Waals surface area (Å²) >= 11 is 0. The fourth-order valence-corrected chi connectivity index (χ4v) is 4.99. The number of furan rings is 2. The van der Waals surface area contributed by atoms with Crippen molar-refractivity contribution in [2.45, 2.75) is 30.8 Å². The van der Waals surface area contributed by atoms with E-state index in [4.69, 9.17) is 8.83 Å². The van der Waals surface area contributed by atoms with Crippen LogP contribution in [0.5, 0.6) is 0 Å². The first kappa shape index (κ1) is 19.5. The molecule has 0 saturated carbocycles. The first-order valence-corrected chi connectivity index (χ1v) is 10.9. The van der Waals surface area contributed by atoms with Gasteiger partial charge in [-0.15, -0.1) is 0 Å². The second-order valence-electron chi connectivity index (χ2n) is 6.96. The van der Waals surface area contributed by atoms with Gasteiger partial charge in [0.2, 0.25) is 10.0 Å². The van der Waals surface area contributed by atoms with Gasteiger partial charge in [0, 0.05) is 18.7 Å². The maximum absolute atomic E-state index is 13.2. The molecule has 0 spiro atoms. The molecule has 0 radical (unpaired) electrons. The van der Waals surface area contributed by atoms with Crippen LogP contribution in [0.25, 0.3) is 0 Å². The lowest BCUT2D eigenvalue weighted by Crippen LogP contribution is -2.31. The molecule has 1 amide bonds. The van der Waals surface area contributed by atoms with Gasteiger partial charge in [-0.05, 0) is 55.3 Å². The molecule has 29 heavy (non-hydrogen) atoms. The molecule has 0 unspecified atom stereocenters. The van der Waals surface area contributed by atoms with Gasteiger partial charge in [-0.1, -0.05) is 6.07 Å². The van der Waals surface area contributed by atoms with Gasteiger partial charge in [0.05, 0.1) is 30.5 Å². The van der Waals surface area contributed by atoms with Crippen molar-refractivity contribution in [1.29, 1.82) is 0 Å². The third-order valence-corrected chi connectivity index (χ3v) is 6.82. The van der Waals surface area contributed by atoms with Crippen LogP contribution in [0, 0.1) is 0 Å². The van der Waals surface area contributed by atoms with Crippen LogP contribution in [-0.4, -0.2) is 36.6 Å². The molecule has 1 aliphatic rings. The number of sulfonamides is 1. The highest BCUT2D eigenvalue weighted by atomic mass is 32.2. The van der Waals surface area contributed by atoms with Gasteiger partial charge in [0.15, 0.2) is 0 Å². The van der Waals surface area contributed by atoms with Crippen LogP contribution in [0.1, 0.15) is 34.7 Å². The second kappa shape index (κ2) is 8.26. The molecule has 4 rings (SSSR count). The number of amides is 1. The lowest BCUT2D eigenvalue weighted by Gasteiger charge is -2.21. The summed E-state index contributed by atoms with van der Waals surface area (Å²) in [4.78, 5) is 14.9. The van der Waals surface area contributed by atoms with E-state index in [2.05, 4.69) is 0 Å². The van der Waals surface area contributed by atoms with E-state index < -0.39 is 10.0 Å². The first-order chi connectivity index (χ1) is 14.0. The van der Waals surface area contributed by atoms with Crippen LogP contribution in [0.15, 0.2) is 74.8 Å². The van der Waals surface area contributed by atoms with Crippen LogP contribution in [-0.2, 0) is 23.1 Å². The number of hydrogen-bond acceptors (Lipinski definition) is 5. The minimum Gasteiger partial charge on any atom is -0.467 e. The van der Waals surface area contributed by atoms with Crippen LogP contribution in [0.2, 0.25) is 0 Å². The fraction of sp³-hybridized carbons (Fsp3) is 0.286. The molecule has 1 aromatic carbocycles. The summed E-state index contributed by atoms with van der Waals surface area (Å²) < 4.78 is 38.0. The monoisotopic (exact) mass is 414 g/mol. The maximum atomic E-state index is 13.2. The highest BCUT2D eigenvalue weighted by Gasteiger charge is 2.28. The van der Waals surface area contributed by atoms with Crippen LogP contribution in [0.4, 0.5) is 0 Å². The molecule has 0 N–H and O–H groups in total. The Labute approximate surface area is 169 Å². The average Bonchev–Trinajstić information content (AvgIpc) is 3.50. The molecular weight excluding hydrogens is 392 g/mol. The molecular formula is C21H22N2O5S. The molecule has 8 heteroatoms. The molecule has 152 valence electrons. The SMILES string of the molecule is O=C(c1cccc(S(=O)(=O)N2CCCC2)c1)N(Cc1ccco1)Cc1ccco1. The van der Waals surface area contributed by atoms with Crippen LogP contribution in [0.3, 0.4) is 0 Å². The van der Waals surface area contributed by atoms with Crippen molar-refractivity contribution in [2.75, 3.05) is 13.1 Å². The van der Waals surface area contributed by atoms with Gasteiger partial charge in [-0.3, -0.25) is 4.79 Å². The van der Waals surface area contributed by atoms with E-state index in [-0.39, 0.29) is 23.9 Å². The number of rotatable bonds is 7. The first-order valence-electron chi connectivity index (χ1n) is 9.48. The number of carbonyl (C=O) groups excluding carboxylic acids is 1. The summed E-state index contributed by atoms with van der Waals surface area (Å²) in [5, 5.41) is 0. The summed E-state index contributed by atoms with van der Waals surface area (Å²) in [5.74, 6) is 0.966. The summed E-state index contributed by atoms with van der Waals surface area (Å²) in [7, 11) is -3.59. The van der Waals surface area contributed by atoms with Crippen LogP contribution >= 0.6 is 0 Å². The quantitative estimate of drug-likeness (QED) is 0.591. The number of nitrogens with zero attached hydrogens (tertiary/aromatic N) is 2. The summed E-state index contributed by atoms with van der Waals surface area (Å²) in [6.45, 7) is 1.53. The topological polar surface area (TPSA) is 84.0 Å². The Bertz CT molecular complexity index is 1020. The molecule has 1 saturated heterocycles. The van der Waals surface area contributed by atoms with Gasteiger partial charge >= 0.3 is 0 Å². The third kappa shape index (κ3) is 4.28. The van der Waals surface area contributed by atoms with Gasteiger partial charge in [-0.2, -0.15) is 4.31 Å². The van der Waals surface area contributed by atoms with E-state index in [0.29, 0.717) is 30.2 Å². The lowest BCUT2D eigenvalue weighted by atomic mass is 10.2. The van der Waals surface area contributed by atoms with Crippen molar-refractivity contribution >= 4 is 15.9 Å². The number of benzene rings is 1. The fourth-order valence-electron chi connectivity index (χ4n) is 3.43. The molecule has 3 aromatic rings. The molecule has 1 aliphatic heterocycles. The largest absolute Gasteiger partial charge is 0.467 e. The Morgan fingerprint density at radius 1 is 0.931 bits per heavy atom. The Morgan fingerprint density at radius 2 is 1.55 bits per heavy atom. The van der Waals surface area contributed by atoms with Gasteiger partial charge in [0.1, 0.15) is 11.5 Å². The van der Waals surface area contributed by atoms with Crippen molar-refractivity contribution in [3.63, 3.8) is 0 Å². The molecule has 2 aromatic heterocycles. The summed E-state index contributed by atoms with van der Waals surface area (Å²) in [5.41, 5.74) is 0.309. The summed E-state index contributed by atoms with van der Waals surface area (Å²) in [6.07, 6.45) is 4.82. The second-order valence-corrected chi connectivity index (χ2v) is 8.90. The number of carbonyl (C=O) groups is 1. The van der Waals surface area contributed by atoms with Gasteiger partial charge < -0.3 is 13.7 Å². The Hall–Kier alpha value is -2.84. The zero-order valence-corrected chi connectivity index (χ0v) is 16.7. The van der Waals surface area contributed by atoms with Crippen LogP contribution < -0.4 is 0 Å². The molecule has 0 bridgehead atoms. The highest BCUT2D eigenvalue weighted by molar-refractivity contribution is 7.89. The predicted molar refractivity (Wildman–Crippen MR) is 105 cm³/mol. The highest BCUT2D eigenvalue weighted by Crippen LogP contribution is 2.23. The van der Waals surface area contributed by atoms with Crippen molar-refractivity contribution in [3.05, 3.63) is 78.1 Å². The number of hydrogen-bond donors (Lipinski definition) is 0. The van der Waals surface area contributed by atoms with Crippen molar-refractivity contribution < 1.29 is 22.0 Å².